The zero-order valence-electron chi connectivity index (χ0n) is 11.4. The number of hydrogen-bond acceptors (Lipinski definition) is 5. The average molecular weight is 319 g/mol. The molecule has 6 nitrogen and oxygen atoms in total. The van der Waals surface area contributed by atoms with Gasteiger partial charge >= 0.3 is 11.7 Å². The van der Waals surface area contributed by atoms with Crippen molar-refractivity contribution in [2.24, 2.45) is 0 Å². The lowest BCUT2D eigenvalue weighted by molar-refractivity contribution is -0.145. The molecule has 0 atom stereocenters. The molecule has 0 radical (unpaired) electrons. The molecule has 7 heteroatoms. The van der Waals surface area contributed by atoms with E-state index in [4.69, 9.17) is 20.8 Å². The fourth-order valence-corrected chi connectivity index (χ4v) is 2.17. The van der Waals surface area contributed by atoms with Crippen LogP contribution in [0.25, 0.3) is 11.1 Å². The van der Waals surface area contributed by atoms with Gasteiger partial charge in [0, 0.05) is 23.5 Å². The molecular formula is C15H11ClN2O4. The van der Waals surface area contributed by atoms with E-state index in [-0.39, 0.29) is 13.2 Å². The van der Waals surface area contributed by atoms with E-state index in [9.17, 15) is 9.59 Å². The minimum atomic E-state index is -0.627. The number of hydrogen-bond donors (Lipinski definition) is 0. The average Bonchev–Trinajstić information content (AvgIpc) is 2.81. The lowest BCUT2D eigenvalue weighted by Gasteiger charge is -2.05. The number of esters is 1. The summed E-state index contributed by atoms with van der Waals surface area (Å²) in [5.41, 5.74) is 1.65. The van der Waals surface area contributed by atoms with E-state index in [1.54, 1.807) is 36.7 Å². The van der Waals surface area contributed by atoms with Gasteiger partial charge in [0.25, 0.3) is 0 Å². The van der Waals surface area contributed by atoms with Crippen LogP contribution in [-0.4, -0.2) is 15.5 Å². The number of fused-ring (bicyclic) bond motifs is 1. The molecule has 0 saturated heterocycles. The van der Waals surface area contributed by atoms with E-state index in [0.717, 1.165) is 5.56 Å². The van der Waals surface area contributed by atoms with Crippen LogP contribution in [0, 0.1) is 0 Å². The molecule has 0 saturated carbocycles. The molecule has 0 unspecified atom stereocenters. The van der Waals surface area contributed by atoms with Crippen molar-refractivity contribution >= 4 is 28.7 Å². The van der Waals surface area contributed by atoms with Gasteiger partial charge in [0.2, 0.25) is 0 Å². The minimum absolute atomic E-state index is 0.123. The number of carbonyl (C=O) groups excluding carboxylic acids is 1. The molecule has 112 valence electrons. The number of oxazole rings is 1. The maximum Gasteiger partial charge on any atom is 0.420 e. The van der Waals surface area contributed by atoms with E-state index in [1.165, 1.54) is 10.6 Å². The summed E-state index contributed by atoms with van der Waals surface area (Å²) in [4.78, 5) is 27.6. The van der Waals surface area contributed by atoms with Gasteiger partial charge in [-0.15, -0.1) is 0 Å². The fraction of sp³-hybridized carbons (Fsp3) is 0.133. The molecule has 2 aromatic heterocycles. The van der Waals surface area contributed by atoms with Gasteiger partial charge in [-0.2, -0.15) is 0 Å². The van der Waals surface area contributed by atoms with Crippen molar-refractivity contribution in [1.29, 1.82) is 0 Å². The highest BCUT2D eigenvalue weighted by Gasteiger charge is 2.14. The van der Waals surface area contributed by atoms with Crippen LogP contribution < -0.4 is 5.76 Å². The van der Waals surface area contributed by atoms with Crippen LogP contribution in [0.2, 0.25) is 5.02 Å². The first-order valence-corrected chi connectivity index (χ1v) is 6.85. The van der Waals surface area contributed by atoms with Gasteiger partial charge in [-0.25, -0.2) is 4.79 Å². The van der Waals surface area contributed by atoms with Crippen LogP contribution in [0.3, 0.4) is 0 Å². The summed E-state index contributed by atoms with van der Waals surface area (Å²) in [6.45, 7) is -0.101. The van der Waals surface area contributed by atoms with Crippen molar-refractivity contribution in [2.45, 2.75) is 13.2 Å². The zero-order valence-corrected chi connectivity index (χ0v) is 12.1. The highest BCUT2D eigenvalue weighted by molar-refractivity contribution is 6.31. The molecule has 0 fully saturated rings. The van der Waals surface area contributed by atoms with Crippen LogP contribution >= 0.6 is 11.6 Å². The number of nitrogens with zero attached hydrogens (tertiary/aromatic N) is 2. The van der Waals surface area contributed by atoms with E-state index in [1.807, 2.05) is 0 Å². The third kappa shape index (κ3) is 3.01. The van der Waals surface area contributed by atoms with Crippen molar-refractivity contribution in [1.82, 2.24) is 9.55 Å². The zero-order chi connectivity index (χ0) is 15.5. The Morgan fingerprint density at radius 1 is 1.27 bits per heavy atom. The third-order valence-electron chi connectivity index (χ3n) is 3.07. The van der Waals surface area contributed by atoms with Crippen molar-refractivity contribution < 1.29 is 13.9 Å². The van der Waals surface area contributed by atoms with Crippen molar-refractivity contribution in [3.63, 3.8) is 0 Å². The van der Waals surface area contributed by atoms with Gasteiger partial charge < -0.3 is 9.15 Å². The number of pyridine rings is 1. The Morgan fingerprint density at radius 3 is 2.82 bits per heavy atom. The standard InChI is InChI=1S/C15H11ClN2O4/c16-11-1-2-12-13(7-11)22-15(20)18(12)8-14(19)21-9-10-3-5-17-6-4-10/h1-7H,8-9H2. The lowest BCUT2D eigenvalue weighted by atomic mass is 10.3. The molecule has 0 spiro atoms. The molecule has 0 bridgehead atoms. The molecule has 2 heterocycles. The summed E-state index contributed by atoms with van der Waals surface area (Å²) in [5.74, 6) is -1.16. The quantitative estimate of drug-likeness (QED) is 0.690. The number of ether oxygens (including phenoxy) is 1. The maximum absolute atomic E-state index is 11.9. The maximum atomic E-state index is 11.9. The van der Waals surface area contributed by atoms with Gasteiger partial charge in [-0.1, -0.05) is 11.6 Å². The van der Waals surface area contributed by atoms with Crippen molar-refractivity contribution in [3.8, 4) is 0 Å². The topological polar surface area (TPSA) is 74.3 Å². The van der Waals surface area contributed by atoms with Crippen LogP contribution in [0.5, 0.6) is 0 Å². The fourth-order valence-electron chi connectivity index (χ4n) is 2.01. The van der Waals surface area contributed by atoms with Gasteiger partial charge in [0.05, 0.1) is 5.52 Å². The van der Waals surface area contributed by atoms with Crippen LogP contribution in [0.4, 0.5) is 0 Å². The summed E-state index contributed by atoms with van der Waals surface area (Å²) < 4.78 is 11.4. The molecular weight excluding hydrogens is 308 g/mol. The Kier molecular flexibility index (Phi) is 3.93. The number of carbonyl (C=O) groups is 1. The van der Waals surface area contributed by atoms with Crippen LogP contribution in [0.15, 0.2) is 51.9 Å². The Balaban J connectivity index is 1.74. The first-order valence-electron chi connectivity index (χ1n) is 6.47. The Labute approximate surface area is 129 Å². The van der Waals surface area contributed by atoms with Crippen LogP contribution in [0.1, 0.15) is 5.56 Å². The molecule has 0 amide bonds. The van der Waals surface area contributed by atoms with Gasteiger partial charge in [-0.3, -0.25) is 14.3 Å². The van der Waals surface area contributed by atoms with E-state index < -0.39 is 11.7 Å². The van der Waals surface area contributed by atoms with Crippen molar-refractivity contribution in [3.05, 3.63) is 63.9 Å². The summed E-state index contributed by atoms with van der Waals surface area (Å²) in [7, 11) is 0. The molecule has 3 rings (SSSR count). The molecule has 0 aliphatic carbocycles. The molecule has 0 aliphatic heterocycles. The second-order valence-corrected chi connectivity index (χ2v) is 5.02. The number of benzene rings is 1. The lowest BCUT2D eigenvalue weighted by Crippen LogP contribution is -2.21. The Hall–Kier alpha value is -2.60. The van der Waals surface area contributed by atoms with Crippen LogP contribution in [-0.2, 0) is 22.7 Å². The Bertz CT molecular complexity index is 870. The van der Waals surface area contributed by atoms with Gasteiger partial charge in [-0.05, 0) is 29.8 Å². The summed E-state index contributed by atoms with van der Waals surface area (Å²) in [6, 6.07) is 8.26. The predicted octanol–water partition coefficient (Wildman–Crippen LogP) is 2.39. The Morgan fingerprint density at radius 2 is 2.05 bits per heavy atom. The van der Waals surface area contributed by atoms with E-state index in [2.05, 4.69) is 4.98 Å². The normalized spacial score (nSPS) is 10.8. The molecule has 0 aliphatic rings. The third-order valence-corrected chi connectivity index (χ3v) is 3.30. The SMILES string of the molecule is O=C(Cn1c(=O)oc2cc(Cl)ccc21)OCc1ccncc1. The second kappa shape index (κ2) is 6.03. The molecule has 22 heavy (non-hydrogen) atoms. The van der Waals surface area contributed by atoms with E-state index >= 15 is 0 Å². The monoisotopic (exact) mass is 318 g/mol. The highest BCUT2D eigenvalue weighted by Crippen LogP contribution is 2.18. The van der Waals surface area contributed by atoms with Gasteiger partial charge in [0.15, 0.2) is 5.58 Å². The molecule has 1 aromatic carbocycles. The van der Waals surface area contributed by atoms with Crippen molar-refractivity contribution in [2.75, 3.05) is 0 Å². The molecule has 0 N–H and O–H groups in total. The minimum Gasteiger partial charge on any atom is -0.459 e. The predicted molar refractivity (Wildman–Crippen MR) is 79.5 cm³/mol. The first-order chi connectivity index (χ1) is 10.6. The van der Waals surface area contributed by atoms with E-state index in [0.29, 0.717) is 16.1 Å². The summed E-state index contributed by atoms with van der Waals surface area (Å²) >= 11 is 5.84. The largest absolute Gasteiger partial charge is 0.459 e. The number of rotatable bonds is 4. The number of halogens is 1. The second-order valence-electron chi connectivity index (χ2n) is 4.58. The summed E-state index contributed by atoms with van der Waals surface area (Å²) in [6.07, 6.45) is 3.22. The summed E-state index contributed by atoms with van der Waals surface area (Å²) in [5, 5.41) is 0.452. The smallest absolute Gasteiger partial charge is 0.420 e. The number of aromatic nitrogens is 2. The molecule has 3 aromatic rings. The highest BCUT2D eigenvalue weighted by atomic mass is 35.5. The van der Waals surface area contributed by atoms with Gasteiger partial charge in [0.1, 0.15) is 13.2 Å². The first kappa shape index (κ1) is 14.3.